The van der Waals surface area contributed by atoms with E-state index in [4.69, 9.17) is 21.9 Å². The SMILES string of the molecule is Nc1cc(-c2ccc3c(Cl)[nH]nc3c2)on1. The highest BCUT2D eigenvalue weighted by atomic mass is 35.5. The van der Waals surface area contributed by atoms with Gasteiger partial charge in [-0.1, -0.05) is 22.8 Å². The van der Waals surface area contributed by atoms with Gasteiger partial charge in [0.05, 0.1) is 5.52 Å². The van der Waals surface area contributed by atoms with Gasteiger partial charge in [-0.2, -0.15) is 5.10 Å². The Bertz CT molecular complexity index is 658. The van der Waals surface area contributed by atoms with E-state index in [0.29, 0.717) is 16.7 Å². The summed E-state index contributed by atoms with van der Waals surface area (Å²) in [6, 6.07) is 7.27. The van der Waals surface area contributed by atoms with Crippen molar-refractivity contribution in [3.8, 4) is 11.3 Å². The highest BCUT2D eigenvalue weighted by Gasteiger charge is 2.08. The van der Waals surface area contributed by atoms with Crippen molar-refractivity contribution in [2.45, 2.75) is 0 Å². The highest BCUT2D eigenvalue weighted by molar-refractivity contribution is 6.34. The van der Waals surface area contributed by atoms with Crippen LogP contribution in [0.15, 0.2) is 28.8 Å². The summed E-state index contributed by atoms with van der Waals surface area (Å²) in [5, 5.41) is 11.8. The number of hydrogen-bond donors (Lipinski definition) is 2. The highest BCUT2D eigenvalue weighted by Crippen LogP contribution is 2.27. The number of rotatable bonds is 1. The molecule has 16 heavy (non-hydrogen) atoms. The molecule has 0 aliphatic rings. The molecule has 6 heteroatoms. The number of nitrogens with two attached hydrogens (primary N) is 1. The minimum atomic E-state index is 0.357. The molecule has 1 aromatic carbocycles. The molecule has 0 aliphatic carbocycles. The van der Waals surface area contributed by atoms with Gasteiger partial charge in [0.25, 0.3) is 0 Å². The van der Waals surface area contributed by atoms with Crippen molar-refractivity contribution in [3.63, 3.8) is 0 Å². The lowest BCUT2D eigenvalue weighted by atomic mass is 10.1. The summed E-state index contributed by atoms with van der Waals surface area (Å²) in [4.78, 5) is 0. The number of nitrogens with one attached hydrogen (secondary N) is 1. The number of fused-ring (bicyclic) bond motifs is 1. The molecule has 0 spiro atoms. The number of halogens is 1. The molecule has 0 unspecified atom stereocenters. The summed E-state index contributed by atoms with van der Waals surface area (Å²) >= 11 is 5.90. The van der Waals surface area contributed by atoms with Crippen LogP contribution >= 0.6 is 11.6 Å². The van der Waals surface area contributed by atoms with E-state index >= 15 is 0 Å². The first-order chi connectivity index (χ1) is 7.74. The van der Waals surface area contributed by atoms with Crippen molar-refractivity contribution in [1.82, 2.24) is 15.4 Å². The van der Waals surface area contributed by atoms with Crippen LogP contribution in [0.1, 0.15) is 0 Å². The number of H-pyrrole nitrogens is 1. The van der Waals surface area contributed by atoms with Crippen molar-refractivity contribution in [2.75, 3.05) is 5.73 Å². The number of anilines is 1. The summed E-state index contributed by atoms with van der Waals surface area (Å²) in [6.45, 7) is 0. The third kappa shape index (κ3) is 1.33. The van der Waals surface area contributed by atoms with Gasteiger partial charge in [-0.05, 0) is 12.1 Å². The van der Waals surface area contributed by atoms with Gasteiger partial charge in [-0.3, -0.25) is 5.10 Å². The van der Waals surface area contributed by atoms with E-state index in [2.05, 4.69) is 15.4 Å². The maximum atomic E-state index is 5.90. The fourth-order valence-corrected chi connectivity index (χ4v) is 1.76. The van der Waals surface area contributed by atoms with Crippen LogP contribution in [0, 0.1) is 0 Å². The fraction of sp³-hybridized carbons (Fsp3) is 0. The molecule has 3 N–H and O–H groups in total. The standard InChI is InChI=1S/C10H7ClN4O/c11-10-6-2-1-5(3-7(6)13-14-10)8-4-9(12)15-16-8/h1-4H,(H2,12,15)(H,13,14). The number of aromatic amines is 1. The van der Waals surface area contributed by atoms with Crippen molar-refractivity contribution in [2.24, 2.45) is 0 Å². The molecule has 0 aliphatic heterocycles. The van der Waals surface area contributed by atoms with E-state index < -0.39 is 0 Å². The second-order valence-corrected chi connectivity index (χ2v) is 3.76. The number of nitrogen functional groups attached to an aromatic ring is 1. The molecule has 0 saturated carbocycles. The lowest BCUT2D eigenvalue weighted by Gasteiger charge is -1.94. The lowest BCUT2D eigenvalue weighted by Crippen LogP contribution is -1.80. The van der Waals surface area contributed by atoms with Gasteiger partial charge in [0.1, 0.15) is 5.15 Å². The zero-order valence-electron chi connectivity index (χ0n) is 8.07. The minimum Gasteiger partial charge on any atom is -0.381 e. The molecule has 3 rings (SSSR count). The van der Waals surface area contributed by atoms with E-state index in [1.807, 2.05) is 18.2 Å². The van der Waals surface area contributed by atoms with Gasteiger partial charge >= 0.3 is 0 Å². The monoisotopic (exact) mass is 234 g/mol. The van der Waals surface area contributed by atoms with Gasteiger partial charge in [-0.15, -0.1) is 0 Å². The van der Waals surface area contributed by atoms with Gasteiger partial charge in [0.15, 0.2) is 11.6 Å². The van der Waals surface area contributed by atoms with Gasteiger partial charge in [-0.25, -0.2) is 0 Å². The van der Waals surface area contributed by atoms with Crippen LogP contribution in [0.2, 0.25) is 5.15 Å². The van der Waals surface area contributed by atoms with Crippen molar-refractivity contribution in [3.05, 3.63) is 29.4 Å². The van der Waals surface area contributed by atoms with Gasteiger partial charge < -0.3 is 10.3 Å². The molecule has 0 atom stereocenters. The quantitative estimate of drug-likeness (QED) is 0.678. The number of benzene rings is 1. The fourth-order valence-electron chi connectivity index (χ4n) is 1.56. The lowest BCUT2D eigenvalue weighted by molar-refractivity contribution is 0.436. The van der Waals surface area contributed by atoms with E-state index in [-0.39, 0.29) is 0 Å². The van der Waals surface area contributed by atoms with Crippen LogP contribution in [0.3, 0.4) is 0 Å². The molecular formula is C10H7ClN4O. The molecule has 0 fully saturated rings. The Hall–Kier alpha value is -2.01. The molecular weight excluding hydrogens is 228 g/mol. The maximum absolute atomic E-state index is 5.90. The molecule has 3 aromatic rings. The summed E-state index contributed by atoms with van der Waals surface area (Å²) in [5.74, 6) is 0.966. The molecule has 2 aromatic heterocycles. The van der Waals surface area contributed by atoms with Crippen LogP contribution in [0.25, 0.3) is 22.2 Å². The van der Waals surface area contributed by atoms with Crippen LogP contribution in [0.4, 0.5) is 5.82 Å². The summed E-state index contributed by atoms with van der Waals surface area (Å²) in [7, 11) is 0. The van der Waals surface area contributed by atoms with Crippen molar-refractivity contribution in [1.29, 1.82) is 0 Å². The third-order valence-corrected chi connectivity index (χ3v) is 2.61. The average Bonchev–Trinajstić information content (AvgIpc) is 2.86. The van der Waals surface area contributed by atoms with Gasteiger partial charge in [0.2, 0.25) is 0 Å². The average molecular weight is 235 g/mol. The van der Waals surface area contributed by atoms with Crippen LogP contribution in [-0.2, 0) is 0 Å². The Labute approximate surface area is 95.2 Å². The number of hydrogen-bond acceptors (Lipinski definition) is 4. The Morgan fingerprint density at radius 3 is 2.94 bits per heavy atom. The first-order valence-corrected chi connectivity index (χ1v) is 4.98. The third-order valence-electron chi connectivity index (χ3n) is 2.32. The first-order valence-electron chi connectivity index (χ1n) is 4.60. The van der Waals surface area contributed by atoms with E-state index in [1.165, 1.54) is 0 Å². The minimum absolute atomic E-state index is 0.357. The maximum Gasteiger partial charge on any atom is 0.169 e. The topological polar surface area (TPSA) is 80.7 Å². The second-order valence-electron chi connectivity index (χ2n) is 3.39. The van der Waals surface area contributed by atoms with E-state index in [0.717, 1.165) is 16.5 Å². The molecule has 5 nitrogen and oxygen atoms in total. The molecule has 80 valence electrons. The first kappa shape index (κ1) is 9.23. The zero-order chi connectivity index (χ0) is 11.1. The smallest absolute Gasteiger partial charge is 0.169 e. The largest absolute Gasteiger partial charge is 0.381 e. The molecule has 0 saturated heterocycles. The number of aromatic nitrogens is 3. The Kier molecular flexibility index (Phi) is 1.87. The molecule has 0 amide bonds. The Morgan fingerprint density at radius 2 is 2.19 bits per heavy atom. The normalized spacial score (nSPS) is 11.1. The summed E-state index contributed by atoms with van der Waals surface area (Å²) in [5.41, 5.74) is 7.12. The van der Waals surface area contributed by atoms with Crippen molar-refractivity contribution < 1.29 is 4.52 Å². The van der Waals surface area contributed by atoms with Crippen LogP contribution < -0.4 is 5.73 Å². The Morgan fingerprint density at radius 1 is 1.31 bits per heavy atom. The predicted molar refractivity (Wildman–Crippen MR) is 61.0 cm³/mol. The van der Waals surface area contributed by atoms with Crippen molar-refractivity contribution >= 4 is 28.3 Å². The van der Waals surface area contributed by atoms with E-state index in [1.54, 1.807) is 6.07 Å². The van der Waals surface area contributed by atoms with Crippen LogP contribution in [-0.4, -0.2) is 15.4 Å². The van der Waals surface area contributed by atoms with Gasteiger partial charge in [0, 0.05) is 17.0 Å². The Balaban J connectivity index is 2.18. The summed E-state index contributed by atoms with van der Waals surface area (Å²) in [6.07, 6.45) is 0. The summed E-state index contributed by atoms with van der Waals surface area (Å²) < 4.78 is 5.06. The second kappa shape index (κ2) is 3.24. The van der Waals surface area contributed by atoms with Crippen LogP contribution in [0.5, 0.6) is 0 Å². The number of nitrogens with zero attached hydrogens (tertiary/aromatic N) is 2. The zero-order valence-corrected chi connectivity index (χ0v) is 8.82. The van der Waals surface area contributed by atoms with E-state index in [9.17, 15) is 0 Å². The molecule has 2 heterocycles. The molecule has 0 bridgehead atoms. The molecule has 0 radical (unpaired) electrons. The predicted octanol–water partition coefficient (Wildman–Crippen LogP) is 2.45.